The quantitative estimate of drug-likeness (QED) is 0.930. The number of nitrogens with one attached hydrogen (secondary N) is 1. The Morgan fingerprint density at radius 1 is 1.42 bits per heavy atom. The van der Waals surface area contributed by atoms with Crippen molar-refractivity contribution in [2.24, 2.45) is 0 Å². The van der Waals surface area contributed by atoms with E-state index in [0.717, 1.165) is 5.56 Å². The lowest BCUT2D eigenvalue weighted by atomic mass is 10.1. The van der Waals surface area contributed by atoms with Crippen LogP contribution in [-0.2, 0) is 6.42 Å². The van der Waals surface area contributed by atoms with Crippen LogP contribution in [0.1, 0.15) is 34.3 Å². The van der Waals surface area contributed by atoms with Crippen molar-refractivity contribution in [1.29, 1.82) is 0 Å². The standard InChI is InChI=1S/C14H15ClN2O2/c1-4-12-13(9(3)19-17-12)14(18)16-10-6-5-8(2)11(15)7-10/h5-7H,4H2,1-3H3,(H,16,18). The van der Waals surface area contributed by atoms with E-state index in [4.69, 9.17) is 16.1 Å². The highest BCUT2D eigenvalue weighted by atomic mass is 35.5. The highest BCUT2D eigenvalue weighted by Gasteiger charge is 2.19. The predicted molar refractivity (Wildman–Crippen MR) is 74.8 cm³/mol. The number of rotatable bonds is 3. The van der Waals surface area contributed by atoms with Gasteiger partial charge in [-0.3, -0.25) is 4.79 Å². The van der Waals surface area contributed by atoms with Crippen molar-refractivity contribution in [3.63, 3.8) is 0 Å². The number of hydrogen-bond acceptors (Lipinski definition) is 3. The van der Waals surface area contributed by atoms with Crippen LogP contribution in [0.25, 0.3) is 0 Å². The van der Waals surface area contributed by atoms with Crippen LogP contribution in [0, 0.1) is 13.8 Å². The second-order valence-electron chi connectivity index (χ2n) is 4.33. The summed E-state index contributed by atoms with van der Waals surface area (Å²) >= 11 is 6.03. The first kappa shape index (κ1) is 13.6. The van der Waals surface area contributed by atoms with Crippen LogP contribution in [0.5, 0.6) is 0 Å². The molecular weight excluding hydrogens is 264 g/mol. The van der Waals surface area contributed by atoms with Gasteiger partial charge in [-0.25, -0.2) is 0 Å². The number of amides is 1. The molecule has 5 heteroatoms. The molecule has 4 nitrogen and oxygen atoms in total. The number of nitrogens with zero attached hydrogens (tertiary/aromatic N) is 1. The number of hydrogen-bond donors (Lipinski definition) is 1. The minimum absolute atomic E-state index is 0.226. The summed E-state index contributed by atoms with van der Waals surface area (Å²) in [5.41, 5.74) is 2.78. The molecule has 0 unspecified atom stereocenters. The van der Waals surface area contributed by atoms with Crippen molar-refractivity contribution >= 4 is 23.2 Å². The maximum atomic E-state index is 12.2. The largest absolute Gasteiger partial charge is 0.361 e. The molecule has 0 saturated carbocycles. The van der Waals surface area contributed by atoms with E-state index in [1.54, 1.807) is 13.0 Å². The number of carbonyl (C=O) groups is 1. The molecule has 0 bridgehead atoms. The first-order valence-electron chi connectivity index (χ1n) is 6.05. The summed E-state index contributed by atoms with van der Waals surface area (Å²) in [4.78, 5) is 12.2. The van der Waals surface area contributed by atoms with Crippen molar-refractivity contribution in [1.82, 2.24) is 5.16 Å². The van der Waals surface area contributed by atoms with Crippen LogP contribution in [0.15, 0.2) is 22.7 Å². The third-order valence-corrected chi connectivity index (χ3v) is 3.33. The molecule has 0 aliphatic heterocycles. The van der Waals surface area contributed by atoms with Crippen LogP contribution in [0.3, 0.4) is 0 Å². The highest BCUT2D eigenvalue weighted by Crippen LogP contribution is 2.22. The Hall–Kier alpha value is -1.81. The Bertz CT molecular complexity index is 620. The molecule has 0 atom stereocenters. The van der Waals surface area contributed by atoms with Gasteiger partial charge in [-0.05, 0) is 38.0 Å². The van der Waals surface area contributed by atoms with Crippen molar-refractivity contribution in [3.8, 4) is 0 Å². The lowest BCUT2D eigenvalue weighted by Crippen LogP contribution is -2.14. The second kappa shape index (κ2) is 5.45. The van der Waals surface area contributed by atoms with E-state index >= 15 is 0 Å². The number of anilines is 1. The van der Waals surface area contributed by atoms with Gasteiger partial charge < -0.3 is 9.84 Å². The Morgan fingerprint density at radius 3 is 2.79 bits per heavy atom. The number of carbonyl (C=O) groups excluding carboxylic acids is 1. The maximum absolute atomic E-state index is 12.2. The van der Waals surface area contributed by atoms with Crippen molar-refractivity contribution < 1.29 is 9.32 Å². The van der Waals surface area contributed by atoms with E-state index in [1.807, 2.05) is 26.0 Å². The van der Waals surface area contributed by atoms with E-state index in [9.17, 15) is 4.79 Å². The molecule has 2 rings (SSSR count). The summed E-state index contributed by atoms with van der Waals surface area (Å²) in [6.07, 6.45) is 0.648. The normalized spacial score (nSPS) is 10.5. The van der Waals surface area contributed by atoms with Crippen molar-refractivity contribution in [3.05, 3.63) is 45.8 Å². The fourth-order valence-corrected chi connectivity index (χ4v) is 2.00. The molecule has 0 saturated heterocycles. The van der Waals surface area contributed by atoms with E-state index in [0.29, 0.717) is 34.1 Å². The molecule has 0 fully saturated rings. The minimum atomic E-state index is -0.226. The number of aromatic nitrogens is 1. The molecule has 1 aromatic carbocycles. The molecule has 1 amide bonds. The van der Waals surface area contributed by atoms with E-state index < -0.39 is 0 Å². The highest BCUT2D eigenvalue weighted by molar-refractivity contribution is 6.31. The fraction of sp³-hybridized carbons (Fsp3) is 0.286. The lowest BCUT2D eigenvalue weighted by Gasteiger charge is -2.06. The predicted octanol–water partition coefficient (Wildman–Crippen LogP) is 3.76. The lowest BCUT2D eigenvalue weighted by molar-refractivity contribution is 0.102. The summed E-state index contributed by atoms with van der Waals surface area (Å²) in [5.74, 6) is 0.295. The molecule has 0 aliphatic rings. The smallest absolute Gasteiger partial charge is 0.261 e. The zero-order valence-corrected chi connectivity index (χ0v) is 11.8. The number of benzene rings is 1. The number of aryl methyl sites for hydroxylation is 3. The van der Waals surface area contributed by atoms with Crippen LogP contribution < -0.4 is 5.32 Å². The molecule has 1 aromatic heterocycles. The van der Waals surface area contributed by atoms with E-state index in [2.05, 4.69) is 10.5 Å². The van der Waals surface area contributed by atoms with Gasteiger partial charge in [0.2, 0.25) is 0 Å². The molecular formula is C14H15ClN2O2. The van der Waals surface area contributed by atoms with Gasteiger partial charge in [-0.2, -0.15) is 0 Å². The van der Waals surface area contributed by atoms with Gasteiger partial charge in [-0.1, -0.05) is 29.7 Å². The van der Waals surface area contributed by atoms with Gasteiger partial charge in [0, 0.05) is 10.7 Å². The summed E-state index contributed by atoms with van der Waals surface area (Å²) in [6, 6.07) is 5.40. The monoisotopic (exact) mass is 278 g/mol. The first-order valence-corrected chi connectivity index (χ1v) is 6.43. The van der Waals surface area contributed by atoms with Gasteiger partial charge in [0.05, 0.1) is 5.69 Å². The topological polar surface area (TPSA) is 55.1 Å². The fourth-order valence-electron chi connectivity index (χ4n) is 1.81. The van der Waals surface area contributed by atoms with Gasteiger partial charge >= 0.3 is 0 Å². The van der Waals surface area contributed by atoms with Gasteiger partial charge in [-0.15, -0.1) is 0 Å². The zero-order chi connectivity index (χ0) is 14.0. The Morgan fingerprint density at radius 2 is 2.16 bits per heavy atom. The Balaban J connectivity index is 2.25. The van der Waals surface area contributed by atoms with Gasteiger partial charge in [0.15, 0.2) is 0 Å². The molecule has 0 radical (unpaired) electrons. The summed E-state index contributed by atoms with van der Waals surface area (Å²) in [7, 11) is 0. The van der Waals surface area contributed by atoms with Gasteiger partial charge in [0.25, 0.3) is 5.91 Å². The summed E-state index contributed by atoms with van der Waals surface area (Å²) in [5, 5.41) is 7.29. The minimum Gasteiger partial charge on any atom is -0.361 e. The van der Waals surface area contributed by atoms with Crippen molar-refractivity contribution in [2.45, 2.75) is 27.2 Å². The zero-order valence-electron chi connectivity index (χ0n) is 11.1. The Kier molecular flexibility index (Phi) is 3.90. The average Bonchev–Trinajstić information content (AvgIpc) is 2.75. The van der Waals surface area contributed by atoms with Crippen LogP contribution in [0.2, 0.25) is 5.02 Å². The summed E-state index contributed by atoms with van der Waals surface area (Å²) < 4.78 is 5.05. The third kappa shape index (κ3) is 2.79. The third-order valence-electron chi connectivity index (χ3n) is 2.93. The molecule has 1 heterocycles. The molecule has 0 spiro atoms. The maximum Gasteiger partial charge on any atom is 0.261 e. The number of halogens is 1. The molecule has 19 heavy (non-hydrogen) atoms. The SMILES string of the molecule is CCc1noc(C)c1C(=O)Nc1ccc(C)c(Cl)c1. The van der Waals surface area contributed by atoms with E-state index in [-0.39, 0.29) is 5.91 Å². The summed E-state index contributed by atoms with van der Waals surface area (Å²) in [6.45, 7) is 5.56. The Labute approximate surface area is 116 Å². The molecule has 2 aromatic rings. The molecule has 100 valence electrons. The van der Waals surface area contributed by atoms with Crippen LogP contribution in [0.4, 0.5) is 5.69 Å². The van der Waals surface area contributed by atoms with Gasteiger partial charge in [0.1, 0.15) is 11.3 Å². The average molecular weight is 279 g/mol. The van der Waals surface area contributed by atoms with Crippen molar-refractivity contribution in [2.75, 3.05) is 5.32 Å². The second-order valence-corrected chi connectivity index (χ2v) is 4.74. The molecule has 0 aliphatic carbocycles. The van der Waals surface area contributed by atoms with Crippen LogP contribution >= 0.6 is 11.6 Å². The van der Waals surface area contributed by atoms with Crippen LogP contribution in [-0.4, -0.2) is 11.1 Å². The van der Waals surface area contributed by atoms with E-state index in [1.165, 1.54) is 0 Å². The first-order chi connectivity index (χ1) is 9.02. The molecule has 1 N–H and O–H groups in total.